The van der Waals surface area contributed by atoms with Gasteiger partial charge in [-0.25, -0.2) is 0 Å². The molecule has 0 spiro atoms. The number of nitrogens with one attached hydrogen (secondary N) is 1. The highest BCUT2D eigenvalue weighted by Gasteiger charge is 2.10. The fraction of sp³-hybridized carbons (Fsp3) is 0.389. The first kappa shape index (κ1) is 16.1. The summed E-state index contributed by atoms with van der Waals surface area (Å²) in [5, 5.41) is 12.6. The molecule has 0 fully saturated rings. The van der Waals surface area contributed by atoms with Gasteiger partial charge in [-0.05, 0) is 50.1 Å². The third-order valence-corrected chi connectivity index (χ3v) is 4.04. The van der Waals surface area contributed by atoms with Gasteiger partial charge in [-0.15, -0.1) is 0 Å². The van der Waals surface area contributed by atoms with Gasteiger partial charge in [0.15, 0.2) is 0 Å². The molecule has 2 rings (SSSR count). The Labute approximate surface area is 132 Å². The number of nitrogens with zero attached hydrogens (tertiary/aromatic N) is 2. The van der Waals surface area contributed by atoms with E-state index in [1.54, 1.807) is 0 Å². The van der Waals surface area contributed by atoms with Gasteiger partial charge in [0, 0.05) is 25.3 Å². The minimum absolute atomic E-state index is 0.237. The van der Waals surface area contributed by atoms with Crippen LogP contribution in [0.1, 0.15) is 42.4 Å². The number of benzene rings is 1. The van der Waals surface area contributed by atoms with Crippen molar-refractivity contribution < 1.29 is 4.74 Å². The second kappa shape index (κ2) is 7.15. The lowest BCUT2D eigenvalue weighted by molar-refractivity contribution is 0.340. The van der Waals surface area contributed by atoms with Crippen molar-refractivity contribution >= 4 is 0 Å². The summed E-state index contributed by atoms with van der Waals surface area (Å²) in [6, 6.07) is 12.6. The van der Waals surface area contributed by atoms with Crippen LogP contribution in [-0.2, 0) is 13.6 Å². The molecule has 116 valence electrons. The SMILES string of the molecule is CCOc1ccc([C@@H](C)NCc2cc(C#N)n(C)c2C)cc1. The second-order valence-electron chi connectivity index (χ2n) is 5.42. The molecule has 1 heterocycles. The largest absolute Gasteiger partial charge is 0.494 e. The van der Waals surface area contributed by atoms with E-state index in [4.69, 9.17) is 10.00 Å². The van der Waals surface area contributed by atoms with Gasteiger partial charge in [0.05, 0.1) is 6.61 Å². The Hall–Kier alpha value is -2.25. The van der Waals surface area contributed by atoms with Crippen molar-refractivity contribution in [3.05, 3.63) is 52.8 Å². The predicted molar refractivity (Wildman–Crippen MR) is 87.7 cm³/mol. The van der Waals surface area contributed by atoms with Crippen molar-refractivity contribution in [1.29, 1.82) is 5.26 Å². The quantitative estimate of drug-likeness (QED) is 0.888. The van der Waals surface area contributed by atoms with Gasteiger partial charge >= 0.3 is 0 Å². The van der Waals surface area contributed by atoms with Crippen LogP contribution in [0.5, 0.6) is 5.75 Å². The van der Waals surface area contributed by atoms with E-state index in [9.17, 15) is 0 Å². The Balaban J connectivity index is 2.00. The molecule has 4 heteroatoms. The van der Waals surface area contributed by atoms with Crippen LogP contribution < -0.4 is 10.1 Å². The maximum atomic E-state index is 9.08. The molecule has 0 bridgehead atoms. The lowest BCUT2D eigenvalue weighted by Crippen LogP contribution is -2.18. The van der Waals surface area contributed by atoms with Crippen LogP contribution in [0.15, 0.2) is 30.3 Å². The molecule has 0 amide bonds. The highest BCUT2D eigenvalue weighted by molar-refractivity contribution is 5.34. The summed E-state index contributed by atoms with van der Waals surface area (Å²) in [7, 11) is 1.92. The van der Waals surface area contributed by atoms with Gasteiger partial charge in [-0.3, -0.25) is 0 Å². The summed E-state index contributed by atoms with van der Waals surface area (Å²) in [4.78, 5) is 0. The Kier molecular flexibility index (Phi) is 5.24. The van der Waals surface area contributed by atoms with E-state index in [-0.39, 0.29) is 6.04 Å². The highest BCUT2D eigenvalue weighted by atomic mass is 16.5. The Bertz CT molecular complexity index is 665. The van der Waals surface area contributed by atoms with Crippen molar-refractivity contribution in [1.82, 2.24) is 9.88 Å². The fourth-order valence-electron chi connectivity index (χ4n) is 2.45. The molecule has 0 aliphatic carbocycles. The minimum atomic E-state index is 0.237. The zero-order valence-electron chi connectivity index (χ0n) is 13.7. The molecular weight excluding hydrogens is 274 g/mol. The number of aromatic nitrogens is 1. The third kappa shape index (κ3) is 3.49. The topological polar surface area (TPSA) is 50.0 Å². The van der Waals surface area contributed by atoms with Gasteiger partial charge in [0.2, 0.25) is 0 Å². The van der Waals surface area contributed by atoms with Crippen LogP contribution in [0.3, 0.4) is 0 Å². The normalized spacial score (nSPS) is 12.0. The fourth-order valence-corrected chi connectivity index (χ4v) is 2.45. The molecule has 1 N–H and O–H groups in total. The predicted octanol–water partition coefficient (Wildman–Crippen LogP) is 3.45. The van der Waals surface area contributed by atoms with Crippen molar-refractivity contribution in [3.63, 3.8) is 0 Å². The summed E-state index contributed by atoms with van der Waals surface area (Å²) in [5.41, 5.74) is 4.21. The monoisotopic (exact) mass is 297 g/mol. The molecule has 0 aliphatic heterocycles. The van der Waals surface area contributed by atoms with Crippen molar-refractivity contribution in [2.24, 2.45) is 7.05 Å². The summed E-state index contributed by atoms with van der Waals surface area (Å²) >= 11 is 0. The Morgan fingerprint density at radius 1 is 1.32 bits per heavy atom. The average molecular weight is 297 g/mol. The summed E-state index contributed by atoms with van der Waals surface area (Å²) in [6.07, 6.45) is 0. The number of rotatable bonds is 6. The van der Waals surface area contributed by atoms with E-state index in [1.165, 1.54) is 5.56 Å². The molecular formula is C18H23N3O. The number of nitriles is 1. The molecule has 0 unspecified atom stereocenters. The number of hydrogen-bond acceptors (Lipinski definition) is 3. The molecule has 0 saturated heterocycles. The van der Waals surface area contributed by atoms with Gasteiger partial charge in [0.25, 0.3) is 0 Å². The zero-order chi connectivity index (χ0) is 16.1. The molecule has 0 saturated carbocycles. The van der Waals surface area contributed by atoms with Crippen LogP contribution in [0.2, 0.25) is 0 Å². The van der Waals surface area contributed by atoms with Gasteiger partial charge in [-0.1, -0.05) is 12.1 Å². The smallest absolute Gasteiger partial charge is 0.120 e. The molecule has 1 atom stereocenters. The van der Waals surface area contributed by atoms with Gasteiger partial charge in [0.1, 0.15) is 17.5 Å². The molecule has 1 aromatic heterocycles. The maximum absolute atomic E-state index is 9.08. The second-order valence-corrected chi connectivity index (χ2v) is 5.42. The molecule has 22 heavy (non-hydrogen) atoms. The van der Waals surface area contributed by atoms with Crippen LogP contribution >= 0.6 is 0 Å². The van der Waals surface area contributed by atoms with E-state index in [0.29, 0.717) is 12.3 Å². The van der Waals surface area contributed by atoms with Crippen LogP contribution in [-0.4, -0.2) is 11.2 Å². The molecule has 0 radical (unpaired) electrons. The van der Waals surface area contributed by atoms with E-state index < -0.39 is 0 Å². The molecule has 1 aromatic carbocycles. The lowest BCUT2D eigenvalue weighted by Gasteiger charge is -2.15. The first-order valence-electron chi connectivity index (χ1n) is 7.58. The molecule has 0 aliphatic rings. The minimum Gasteiger partial charge on any atom is -0.494 e. The average Bonchev–Trinajstić information content (AvgIpc) is 2.81. The van der Waals surface area contributed by atoms with Crippen molar-refractivity contribution in [2.75, 3.05) is 6.61 Å². The maximum Gasteiger partial charge on any atom is 0.120 e. The van der Waals surface area contributed by atoms with Crippen molar-refractivity contribution in [2.45, 2.75) is 33.4 Å². The number of ether oxygens (including phenoxy) is 1. The first-order chi connectivity index (χ1) is 10.6. The van der Waals surface area contributed by atoms with E-state index in [0.717, 1.165) is 23.6 Å². The summed E-state index contributed by atoms with van der Waals surface area (Å²) in [6.45, 7) is 7.59. The standard InChI is InChI=1S/C18H23N3O/c1-5-22-18-8-6-15(7-9-18)13(2)20-12-16-10-17(11-19)21(4)14(16)3/h6-10,13,20H,5,12H2,1-4H3/t13-/m1/s1. The third-order valence-electron chi connectivity index (χ3n) is 4.04. The van der Waals surface area contributed by atoms with Crippen molar-refractivity contribution in [3.8, 4) is 11.8 Å². The summed E-state index contributed by atoms with van der Waals surface area (Å²) < 4.78 is 7.39. The highest BCUT2D eigenvalue weighted by Crippen LogP contribution is 2.19. The molecule has 2 aromatic rings. The Morgan fingerprint density at radius 2 is 2.00 bits per heavy atom. The Morgan fingerprint density at radius 3 is 2.55 bits per heavy atom. The van der Waals surface area contributed by atoms with Crippen LogP contribution in [0.25, 0.3) is 0 Å². The van der Waals surface area contributed by atoms with Crippen LogP contribution in [0.4, 0.5) is 0 Å². The van der Waals surface area contributed by atoms with E-state index in [1.807, 2.05) is 43.7 Å². The van der Waals surface area contributed by atoms with E-state index in [2.05, 4.69) is 30.4 Å². The zero-order valence-corrected chi connectivity index (χ0v) is 13.7. The summed E-state index contributed by atoms with van der Waals surface area (Å²) in [5.74, 6) is 0.899. The van der Waals surface area contributed by atoms with E-state index >= 15 is 0 Å². The lowest BCUT2D eigenvalue weighted by atomic mass is 10.1. The van der Waals surface area contributed by atoms with Crippen LogP contribution in [0, 0.1) is 18.3 Å². The molecule has 4 nitrogen and oxygen atoms in total. The van der Waals surface area contributed by atoms with Gasteiger partial charge in [-0.2, -0.15) is 5.26 Å². The number of hydrogen-bond donors (Lipinski definition) is 1. The van der Waals surface area contributed by atoms with Gasteiger partial charge < -0.3 is 14.6 Å². The first-order valence-corrected chi connectivity index (χ1v) is 7.58.